The Kier molecular flexibility index (Phi) is 10.3. The van der Waals surface area contributed by atoms with E-state index in [-0.39, 0.29) is 12.2 Å². The fourth-order valence-corrected chi connectivity index (χ4v) is 7.05. The van der Waals surface area contributed by atoms with Crippen molar-refractivity contribution in [2.24, 2.45) is 5.92 Å². The number of carbonyl (C=O) groups is 1. The van der Waals surface area contributed by atoms with E-state index in [9.17, 15) is 4.79 Å². The van der Waals surface area contributed by atoms with E-state index < -0.39 is 14.0 Å². The quantitative estimate of drug-likeness (QED) is 0.193. The maximum absolute atomic E-state index is 11.6. The second-order valence-electron chi connectivity index (χ2n) is 9.72. The van der Waals surface area contributed by atoms with E-state index in [1.807, 2.05) is 0 Å². The predicted octanol–water partition coefficient (Wildman–Crippen LogP) is 5.94. The number of hydrogen-bond donors (Lipinski definition) is 1. The van der Waals surface area contributed by atoms with E-state index in [2.05, 4.69) is 50.9 Å². The van der Waals surface area contributed by atoms with Crippen LogP contribution in [0.1, 0.15) is 76.2 Å². The molecule has 0 atom stereocenters. The molecule has 1 fully saturated rings. The molecule has 0 bridgehead atoms. The summed E-state index contributed by atoms with van der Waals surface area (Å²) >= 11 is 0. The first-order chi connectivity index (χ1) is 14.4. The molecule has 3 nitrogen and oxygen atoms in total. The minimum atomic E-state index is -1.55. The van der Waals surface area contributed by atoms with Crippen LogP contribution in [0.3, 0.4) is 0 Å². The molecule has 1 N–H and O–H groups in total. The number of benzene rings is 1. The topological polar surface area (TPSA) is 46.5 Å². The number of unbranched alkanes of at least 4 members (excludes halogenated alkanes) is 2. The van der Waals surface area contributed by atoms with Gasteiger partial charge in [0.2, 0.25) is 0 Å². The van der Waals surface area contributed by atoms with Gasteiger partial charge in [-0.2, -0.15) is 0 Å². The Bertz CT molecular complexity index is 657. The lowest BCUT2D eigenvalue weighted by molar-refractivity contribution is -0.139. The molecule has 1 aliphatic carbocycles. The number of ether oxygens (including phenoxy) is 1. The van der Waals surface area contributed by atoms with Crippen LogP contribution in [0.4, 0.5) is 0 Å². The average molecular weight is 431 g/mol. The van der Waals surface area contributed by atoms with Crippen molar-refractivity contribution in [3.05, 3.63) is 42.0 Å². The predicted molar refractivity (Wildman–Crippen MR) is 129 cm³/mol. The van der Waals surface area contributed by atoms with Gasteiger partial charge in [0.1, 0.15) is 0 Å². The molecule has 2 rings (SSSR count). The highest BCUT2D eigenvalue weighted by atomic mass is 28.3. The summed E-state index contributed by atoms with van der Waals surface area (Å²) in [7, 11) is -1.55. The third kappa shape index (κ3) is 7.70. The molecule has 1 aromatic rings. The van der Waals surface area contributed by atoms with E-state index in [0.717, 1.165) is 24.3 Å². The molecule has 0 aliphatic heterocycles. The van der Waals surface area contributed by atoms with Crippen molar-refractivity contribution in [3.63, 3.8) is 0 Å². The normalized spacial score (nSPS) is 19.5. The van der Waals surface area contributed by atoms with Crippen LogP contribution in [0.15, 0.2) is 36.4 Å². The molecule has 0 saturated heterocycles. The van der Waals surface area contributed by atoms with E-state index >= 15 is 0 Å². The maximum Gasteiger partial charge on any atom is 0.335 e. The van der Waals surface area contributed by atoms with Crippen molar-refractivity contribution in [1.82, 2.24) is 0 Å². The van der Waals surface area contributed by atoms with Crippen LogP contribution in [0.2, 0.25) is 19.1 Å². The molecule has 0 unspecified atom stereocenters. The number of aliphatic hydroxyl groups excluding tert-OH is 1. The summed E-state index contributed by atoms with van der Waals surface area (Å²) in [4.78, 5) is 11.6. The molecule has 168 valence electrons. The van der Waals surface area contributed by atoms with Gasteiger partial charge in [-0.1, -0.05) is 87.8 Å². The summed E-state index contributed by atoms with van der Waals surface area (Å²) in [5.74, 6) is 1.22. The van der Waals surface area contributed by atoms with E-state index in [1.165, 1.54) is 62.1 Å². The van der Waals surface area contributed by atoms with Crippen LogP contribution in [0.25, 0.3) is 0 Å². The Morgan fingerprint density at radius 2 is 1.77 bits per heavy atom. The highest BCUT2D eigenvalue weighted by Gasteiger charge is 2.25. The largest absolute Gasteiger partial charge is 0.462 e. The van der Waals surface area contributed by atoms with Crippen LogP contribution in [-0.4, -0.2) is 32.4 Å². The number of carbonyl (C=O) groups excluding carboxylic acids is 1. The maximum atomic E-state index is 11.6. The van der Waals surface area contributed by atoms with Gasteiger partial charge in [-0.05, 0) is 49.5 Å². The van der Waals surface area contributed by atoms with Crippen LogP contribution < -0.4 is 5.19 Å². The van der Waals surface area contributed by atoms with Crippen molar-refractivity contribution in [1.29, 1.82) is 0 Å². The first kappa shape index (κ1) is 24.9. The van der Waals surface area contributed by atoms with Crippen molar-refractivity contribution in [2.75, 3.05) is 13.2 Å². The summed E-state index contributed by atoms with van der Waals surface area (Å²) in [6.45, 7) is 10.6. The monoisotopic (exact) mass is 430 g/mol. The lowest BCUT2D eigenvalue weighted by Gasteiger charge is -2.29. The van der Waals surface area contributed by atoms with Gasteiger partial charge in [0, 0.05) is 0 Å². The van der Waals surface area contributed by atoms with E-state index in [0.29, 0.717) is 6.61 Å². The zero-order valence-electron chi connectivity index (χ0n) is 19.4. The molecule has 0 aromatic heterocycles. The van der Waals surface area contributed by atoms with Gasteiger partial charge in [0.25, 0.3) is 0 Å². The molecule has 1 aromatic carbocycles. The van der Waals surface area contributed by atoms with Crippen molar-refractivity contribution in [3.8, 4) is 0 Å². The smallest absolute Gasteiger partial charge is 0.335 e. The highest BCUT2D eigenvalue weighted by molar-refractivity contribution is 6.89. The molecule has 0 heterocycles. The molecular weight excluding hydrogens is 388 g/mol. The van der Waals surface area contributed by atoms with Crippen LogP contribution in [-0.2, 0) is 9.53 Å². The van der Waals surface area contributed by atoms with Gasteiger partial charge >= 0.3 is 5.97 Å². The minimum absolute atomic E-state index is 0.122. The summed E-state index contributed by atoms with van der Waals surface area (Å²) in [5, 5.41) is 10.4. The number of esters is 1. The first-order valence-electron chi connectivity index (χ1n) is 11.9. The van der Waals surface area contributed by atoms with Crippen LogP contribution in [0.5, 0.6) is 0 Å². The standard InChI is InChI=1S/C26H42O3Si/c1-5-6-7-9-22-10-12-23(13-11-22)24-14-16-25(17-15-24)30(3,4)19-8-18-29-26(28)21(2)20-27/h14-17,22-23,27H,2,5-13,18-20H2,1,3-4H3. The first-order valence-corrected chi connectivity index (χ1v) is 15.1. The van der Waals surface area contributed by atoms with Gasteiger partial charge in [-0.15, -0.1) is 0 Å². The van der Waals surface area contributed by atoms with Gasteiger partial charge in [-0.3, -0.25) is 0 Å². The molecule has 1 saturated carbocycles. The van der Waals surface area contributed by atoms with Crippen molar-refractivity contribution < 1.29 is 14.6 Å². The Hall–Kier alpha value is -1.39. The third-order valence-electron chi connectivity index (χ3n) is 6.89. The van der Waals surface area contributed by atoms with Crippen molar-refractivity contribution >= 4 is 19.2 Å². The number of hydrogen-bond acceptors (Lipinski definition) is 3. The van der Waals surface area contributed by atoms with E-state index in [1.54, 1.807) is 0 Å². The fourth-order valence-electron chi connectivity index (χ4n) is 4.66. The molecular formula is C26H42O3Si. The van der Waals surface area contributed by atoms with Crippen LogP contribution >= 0.6 is 0 Å². The zero-order chi connectivity index (χ0) is 22.0. The Morgan fingerprint density at radius 3 is 2.37 bits per heavy atom. The summed E-state index contributed by atoms with van der Waals surface area (Å²) in [5.41, 5.74) is 1.64. The Labute approximate surface area is 184 Å². The van der Waals surface area contributed by atoms with Gasteiger partial charge in [0.05, 0.1) is 26.9 Å². The second kappa shape index (κ2) is 12.5. The molecule has 1 aliphatic rings. The van der Waals surface area contributed by atoms with Crippen LogP contribution in [0, 0.1) is 5.92 Å². The second-order valence-corrected chi connectivity index (χ2v) is 14.6. The third-order valence-corrected chi connectivity index (χ3v) is 10.4. The van der Waals surface area contributed by atoms with Crippen molar-refractivity contribution in [2.45, 2.75) is 89.8 Å². The molecule has 0 spiro atoms. The Morgan fingerprint density at radius 1 is 1.10 bits per heavy atom. The van der Waals surface area contributed by atoms with Gasteiger partial charge in [-0.25, -0.2) is 4.79 Å². The number of rotatable bonds is 12. The van der Waals surface area contributed by atoms with E-state index in [4.69, 9.17) is 9.84 Å². The number of aliphatic hydroxyl groups is 1. The Balaban J connectivity index is 1.78. The van der Waals surface area contributed by atoms with Gasteiger partial charge < -0.3 is 9.84 Å². The lowest BCUT2D eigenvalue weighted by Crippen LogP contribution is -2.41. The molecule has 0 amide bonds. The average Bonchev–Trinajstić information content (AvgIpc) is 2.76. The zero-order valence-corrected chi connectivity index (χ0v) is 20.4. The summed E-state index contributed by atoms with van der Waals surface area (Å²) in [6.07, 6.45) is 11.9. The minimum Gasteiger partial charge on any atom is -0.462 e. The molecule has 0 radical (unpaired) electrons. The highest BCUT2D eigenvalue weighted by Crippen LogP contribution is 2.37. The molecule has 30 heavy (non-hydrogen) atoms. The SMILES string of the molecule is C=C(CO)C(=O)OCCC[Si](C)(C)c1ccc(C2CCC(CCCCC)CC2)cc1. The van der Waals surface area contributed by atoms with Gasteiger partial charge in [0.15, 0.2) is 0 Å². The molecule has 4 heteroatoms. The lowest BCUT2D eigenvalue weighted by atomic mass is 9.77. The summed E-state index contributed by atoms with van der Waals surface area (Å²) < 4.78 is 5.19. The summed E-state index contributed by atoms with van der Waals surface area (Å²) in [6, 6.07) is 10.5. The fraction of sp³-hybridized carbons (Fsp3) is 0.654.